The third kappa shape index (κ3) is 3.28. The summed E-state index contributed by atoms with van der Waals surface area (Å²) >= 11 is 0. The average Bonchev–Trinajstić information content (AvgIpc) is 2.41. The Morgan fingerprint density at radius 3 is 2.23 bits per heavy atom. The molecule has 1 aliphatic carbocycles. The van der Waals surface area contributed by atoms with E-state index in [0.717, 1.165) is 25.9 Å². The summed E-state index contributed by atoms with van der Waals surface area (Å²) in [6.07, 6.45) is 8.16. The Bertz CT molecular complexity index is 126. The van der Waals surface area contributed by atoms with Gasteiger partial charge in [0.05, 0.1) is 12.2 Å². The normalized spacial score (nSPS) is 22.6. The van der Waals surface area contributed by atoms with Crippen molar-refractivity contribution in [1.82, 2.24) is 0 Å². The van der Waals surface area contributed by atoms with Gasteiger partial charge in [-0.25, -0.2) is 0 Å². The van der Waals surface area contributed by atoms with Crippen LogP contribution in [0.15, 0.2) is 0 Å². The SMILES string of the molecule is CCCOC1(CO)CCCCCC1. The second-order valence-corrected chi connectivity index (χ2v) is 4.10. The number of hydrogen-bond acceptors (Lipinski definition) is 2. The van der Waals surface area contributed by atoms with Crippen molar-refractivity contribution in [3.8, 4) is 0 Å². The van der Waals surface area contributed by atoms with E-state index in [0.29, 0.717) is 0 Å². The van der Waals surface area contributed by atoms with Gasteiger partial charge in [0.2, 0.25) is 0 Å². The lowest BCUT2D eigenvalue weighted by molar-refractivity contribution is -0.0885. The molecule has 0 atom stereocenters. The Hall–Kier alpha value is -0.0800. The molecule has 1 aliphatic rings. The summed E-state index contributed by atoms with van der Waals surface area (Å²) in [7, 11) is 0. The first-order valence-electron chi connectivity index (χ1n) is 5.58. The summed E-state index contributed by atoms with van der Waals surface area (Å²) in [4.78, 5) is 0. The highest BCUT2D eigenvalue weighted by molar-refractivity contribution is 4.82. The Labute approximate surface area is 81.3 Å². The Kier molecular flexibility index (Phi) is 4.74. The quantitative estimate of drug-likeness (QED) is 0.683. The van der Waals surface area contributed by atoms with Gasteiger partial charge in [-0.1, -0.05) is 32.6 Å². The van der Waals surface area contributed by atoms with Crippen LogP contribution in [0.5, 0.6) is 0 Å². The Morgan fingerprint density at radius 2 is 1.77 bits per heavy atom. The number of aliphatic hydroxyl groups excluding tert-OH is 1. The molecule has 1 N–H and O–H groups in total. The van der Waals surface area contributed by atoms with Crippen molar-refractivity contribution in [3.63, 3.8) is 0 Å². The van der Waals surface area contributed by atoms with E-state index in [1.807, 2.05) is 0 Å². The van der Waals surface area contributed by atoms with Gasteiger partial charge >= 0.3 is 0 Å². The molecule has 0 unspecified atom stereocenters. The van der Waals surface area contributed by atoms with Crippen LogP contribution in [0.1, 0.15) is 51.9 Å². The minimum atomic E-state index is -0.188. The molecule has 0 aromatic carbocycles. The van der Waals surface area contributed by atoms with Crippen LogP contribution in [0.4, 0.5) is 0 Å². The maximum atomic E-state index is 9.37. The molecule has 1 saturated carbocycles. The highest BCUT2D eigenvalue weighted by Gasteiger charge is 2.30. The number of aliphatic hydroxyl groups is 1. The Balaban J connectivity index is 2.43. The van der Waals surface area contributed by atoms with E-state index in [1.165, 1.54) is 25.7 Å². The fourth-order valence-corrected chi connectivity index (χ4v) is 2.04. The van der Waals surface area contributed by atoms with Crippen LogP contribution < -0.4 is 0 Å². The molecule has 0 saturated heterocycles. The molecule has 1 rings (SSSR count). The lowest BCUT2D eigenvalue weighted by atomic mass is 9.95. The first kappa shape index (κ1) is 11.0. The van der Waals surface area contributed by atoms with Gasteiger partial charge in [0.15, 0.2) is 0 Å². The standard InChI is InChI=1S/C11H22O2/c1-2-9-13-11(10-12)7-5-3-4-6-8-11/h12H,2-10H2,1H3. The summed E-state index contributed by atoms with van der Waals surface area (Å²) < 4.78 is 5.80. The van der Waals surface area contributed by atoms with Crippen LogP contribution in [0, 0.1) is 0 Å². The molecule has 2 nitrogen and oxygen atoms in total. The van der Waals surface area contributed by atoms with E-state index in [-0.39, 0.29) is 12.2 Å². The summed E-state index contributed by atoms with van der Waals surface area (Å²) in [6, 6.07) is 0. The molecule has 0 spiro atoms. The zero-order valence-electron chi connectivity index (χ0n) is 8.72. The van der Waals surface area contributed by atoms with E-state index >= 15 is 0 Å². The average molecular weight is 186 g/mol. The first-order chi connectivity index (χ1) is 6.33. The molecule has 0 heterocycles. The van der Waals surface area contributed by atoms with E-state index < -0.39 is 0 Å². The monoisotopic (exact) mass is 186 g/mol. The van der Waals surface area contributed by atoms with Crippen LogP contribution in [-0.4, -0.2) is 23.9 Å². The third-order valence-electron chi connectivity index (χ3n) is 2.92. The van der Waals surface area contributed by atoms with Crippen LogP contribution in [0.2, 0.25) is 0 Å². The highest BCUT2D eigenvalue weighted by atomic mass is 16.5. The van der Waals surface area contributed by atoms with Gasteiger partial charge in [-0.05, 0) is 19.3 Å². The molecule has 1 fully saturated rings. The zero-order chi connectivity index (χ0) is 9.57. The maximum absolute atomic E-state index is 9.37. The van der Waals surface area contributed by atoms with Crippen molar-refractivity contribution in [2.75, 3.05) is 13.2 Å². The second kappa shape index (κ2) is 5.61. The molecule has 2 heteroatoms. The van der Waals surface area contributed by atoms with Crippen molar-refractivity contribution in [3.05, 3.63) is 0 Å². The van der Waals surface area contributed by atoms with E-state index in [9.17, 15) is 5.11 Å². The highest BCUT2D eigenvalue weighted by Crippen LogP contribution is 2.30. The van der Waals surface area contributed by atoms with E-state index in [2.05, 4.69) is 6.92 Å². The van der Waals surface area contributed by atoms with Gasteiger partial charge < -0.3 is 9.84 Å². The van der Waals surface area contributed by atoms with E-state index in [4.69, 9.17) is 4.74 Å². The molecule has 13 heavy (non-hydrogen) atoms. The van der Waals surface area contributed by atoms with Gasteiger partial charge in [0, 0.05) is 6.61 Å². The van der Waals surface area contributed by atoms with Gasteiger partial charge in [-0.2, -0.15) is 0 Å². The smallest absolute Gasteiger partial charge is 0.0912 e. The molecular formula is C11H22O2. The molecule has 78 valence electrons. The number of ether oxygens (including phenoxy) is 1. The largest absolute Gasteiger partial charge is 0.393 e. The minimum absolute atomic E-state index is 0.188. The van der Waals surface area contributed by atoms with Crippen molar-refractivity contribution >= 4 is 0 Å². The molecule has 0 aromatic rings. The fourth-order valence-electron chi connectivity index (χ4n) is 2.04. The van der Waals surface area contributed by atoms with Gasteiger partial charge in [0.1, 0.15) is 0 Å². The van der Waals surface area contributed by atoms with E-state index in [1.54, 1.807) is 0 Å². The summed E-state index contributed by atoms with van der Waals surface area (Å²) in [5.41, 5.74) is -0.188. The fraction of sp³-hybridized carbons (Fsp3) is 1.00. The van der Waals surface area contributed by atoms with Crippen LogP contribution >= 0.6 is 0 Å². The van der Waals surface area contributed by atoms with Crippen LogP contribution in [-0.2, 0) is 4.74 Å². The zero-order valence-corrected chi connectivity index (χ0v) is 8.72. The first-order valence-corrected chi connectivity index (χ1v) is 5.58. The molecular weight excluding hydrogens is 164 g/mol. The van der Waals surface area contributed by atoms with Gasteiger partial charge in [0.25, 0.3) is 0 Å². The summed E-state index contributed by atoms with van der Waals surface area (Å²) in [5, 5.41) is 9.37. The van der Waals surface area contributed by atoms with Crippen molar-refractivity contribution in [2.45, 2.75) is 57.5 Å². The summed E-state index contributed by atoms with van der Waals surface area (Å²) in [5.74, 6) is 0. The third-order valence-corrected chi connectivity index (χ3v) is 2.92. The summed E-state index contributed by atoms with van der Waals surface area (Å²) in [6.45, 7) is 3.11. The number of hydrogen-bond donors (Lipinski definition) is 1. The second-order valence-electron chi connectivity index (χ2n) is 4.10. The molecule has 0 aliphatic heterocycles. The lowest BCUT2D eigenvalue weighted by Crippen LogP contribution is -2.36. The topological polar surface area (TPSA) is 29.5 Å². The van der Waals surface area contributed by atoms with Crippen molar-refractivity contribution < 1.29 is 9.84 Å². The molecule has 0 bridgehead atoms. The van der Waals surface area contributed by atoms with Gasteiger partial charge in [-0.15, -0.1) is 0 Å². The molecule has 0 amide bonds. The predicted octanol–water partition coefficient (Wildman–Crippen LogP) is 2.50. The predicted molar refractivity (Wildman–Crippen MR) is 53.8 cm³/mol. The lowest BCUT2D eigenvalue weighted by Gasteiger charge is -2.30. The maximum Gasteiger partial charge on any atom is 0.0912 e. The molecule has 0 aromatic heterocycles. The van der Waals surface area contributed by atoms with Crippen molar-refractivity contribution in [1.29, 1.82) is 0 Å². The number of rotatable bonds is 4. The minimum Gasteiger partial charge on any atom is -0.393 e. The molecule has 0 radical (unpaired) electrons. The van der Waals surface area contributed by atoms with Crippen molar-refractivity contribution in [2.24, 2.45) is 0 Å². The van der Waals surface area contributed by atoms with Crippen LogP contribution in [0.3, 0.4) is 0 Å². The van der Waals surface area contributed by atoms with Gasteiger partial charge in [-0.3, -0.25) is 0 Å². The Morgan fingerprint density at radius 1 is 1.15 bits per heavy atom. The van der Waals surface area contributed by atoms with Crippen LogP contribution in [0.25, 0.3) is 0 Å².